The largest absolute Gasteiger partial charge is 0.450 e. The summed E-state index contributed by atoms with van der Waals surface area (Å²) in [6.07, 6.45) is 4.80. The van der Waals surface area contributed by atoms with Crippen molar-refractivity contribution < 1.29 is 9.53 Å². The molecule has 4 aromatic rings. The lowest BCUT2D eigenvalue weighted by Crippen LogP contribution is -2.27. The van der Waals surface area contributed by atoms with Crippen LogP contribution < -0.4 is 11.1 Å². The Kier molecular flexibility index (Phi) is 7.72. The number of carbonyl (C=O) groups excluding carboxylic acids is 1. The van der Waals surface area contributed by atoms with Gasteiger partial charge in [0.2, 0.25) is 0 Å². The van der Waals surface area contributed by atoms with Gasteiger partial charge in [-0.2, -0.15) is 0 Å². The predicted molar refractivity (Wildman–Crippen MR) is 153 cm³/mol. The Hall–Kier alpha value is -4.47. The van der Waals surface area contributed by atoms with Gasteiger partial charge in [0.05, 0.1) is 42.5 Å². The molecule has 0 saturated heterocycles. The SMILES string of the molecule is Cc1ccccc1-c1nc(N)c2c(n1)CN(CCCCOC(=O)NCc1ccc3ncn(C(C)C)c3c1)C=N2. The van der Waals surface area contributed by atoms with Crippen molar-refractivity contribution in [3.8, 4) is 11.4 Å². The number of nitrogens with zero attached hydrogens (tertiary/aromatic N) is 6. The number of nitrogens with two attached hydrogens (primary N) is 1. The van der Waals surface area contributed by atoms with Crippen LogP contribution >= 0.6 is 0 Å². The number of nitrogen functional groups attached to an aromatic ring is 1. The predicted octanol–water partition coefficient (Wildman–Crippen LogP) is 5.15. The highest BCUT2D eigenvalue weighted by Gasteiger charge is 2.19. The number of carbonyl (C=O) groups is 1. The van der Waals surface area contributed by atoms with E-state index >= 15 is 0 Å². The first kappa shape index (κ1) is 26.1. The van der Waals surface area contributed by atoms with Crippen LogP contribution in [0.5, 0.6) is 0 Å². The third-order valence-corrected chi connectivity index (χ3v) is 6.78. The van der Waals surface area contributed by atoms with Gasteiger partial charge < -0.3 is 25.3 Å². The van der Waals surface area contributed by atoms with Crippen molar-refractivity contribution in [3.63, 3.8) is 0 Å². The number of rotatable bonds is 9. The Balaban J connectivity index is 1.06. The van der Waals surface area contributed by atoms with Gasteiger partial charge in [-0.25, -0.2) is 24.7 Å². The quantitative estimate of drug-likeness (QED) is 0.289. The van der Waals surface area contributed by atoms with Crippen molar-refractivity contribution >= 4 is 35.0 Å². The second kappa shape index (κ2) is 11.5. The Bertz CT molecular complexity index is 1510. The number of nitrogens with one attached hydrogen (secondary N) is 1. The van der Waals surface area contributed by atoms with E-state index in [-0.39, 0.29) is 0 Å². The Morgan fingerprint density at radius 2 is 2.00 bits per heavy atom. The third-order valence-electron chi connectivity index (χ3n) is 6.78. The lowest BCUT2D eigenvalue weighted by atomic mass is 10.1. The van der Waals surface area contributed by atoms with Crippen LogP contribution in [0, 0.1) is 6.92 Å². The van der Waals surface area contributed by atoms with E-state index < -0.39 is 6.09 Å². The van der Waals surface area contributed by atoms with E-state index in [0.717, 1.165) is 52.8 Å². The molecule has 0 fully saturated rings. The van der Waals surface area contributed by atoms with Gasteiger partial charge in [0.25, 0.3) is 0 Å². The second-order valence-corrected chi connectivity index (χ2v) is 10.0. The summed E-state index contributed by atoms with van der Waals surface area (Å²) in [6, 6.07) is 14.3. The molecule has 39 heavy (non-hydrogen) atoms. The van der Waals surface area contributed by atoms with Crippen LogP contribution in [-0.2, 0) is 17.8 Å². The number of aliphatic imine (C=N–C) groups is 1. The molecule has 0 spiro atoms. The number of hydrogen-bond donors (Lipinski definition) is 2. The minimum absolute atomic E-state index is 0.316. The summed E-state index contributed by atoms with van der Waals surface area (Å²) in [6.45, 7) is 8.38. The third kappa shape index (κ3) is 6.00. The molecule has 5 rings (SSSR count). The zero-order valence-corrected chi connectivity index (χ0v) is 22.6. The minimum atomic E-state index is -0.420. The zero-order valence-electron chi connectivity index (χ0n) is 22.6. The maximum absolute atomic E-state index is 12.2. The number of hydrogen-bond acceptors (Lipinski definition) is 8. The fourth-order valence-corrected chi connectivity index (χ4v) is 4.63. The molecule has 0 bridgehead atoms. The second-order valence-electron chi connectivity index (χ2n) is 10.0. The highest BCUT2D eigenvalue weighted by Crippen LogP contribution is 2.31. The average molecular weight is 527 g/mol. The van der Waals surface area contributed by atoms with E-state index in [0.29, 0.717) is 43.1 Å². The first-order valence-electron chi connectivity index (χ1n) is 13.3. The summed E-state index contributed by atoms with van der Waals surface area (Å²) >= 11 is 0. The highest BCUT2D eigenvalue weighted by molar-refractivity contribution is 5.77. The van der Waals surface area contributed by atoms with Crippen LogP contribution in [0.1, 0.15) is 49.6 Å². The summed E-state index contributed by atoms with van der Waals surface area (Å²) in [7, 11) is 0. The van der Waals surface area contributed by atoms with E-state index in [2.05, 4.69) is 49.7 Å². The van der Waals surface area contributed by atoms with Gasteiger partial charge in [-0.05, 0) is 56.9 Å². The summed E-state index contributed by atoms with van der Waals surface area (Å²) < 4.78 is 7.50. The molecule has 10 nitrogen and oxygen atoms in total. The van der Waals surface area contributed by atoms with E-state index in [4.69, 9.17) is 15.5 Å². The molecule has 2 aromatic heterocycles. The van der Waals surface area contributed by atoms with Gasteiger partial charge in [0.1, 0.15) is 5.69 Å². The van der Waals surface area contributed by atoms with E-state index in [1.165, 1.54) is 0 Å². The smallest absolute Gasteiger partial charge is 0.407 e. The number of ether oxygens (including phenoxy) is 1. The Labute approximate surface area is 227 Å². The average Bonchev–Trinajstić information content (AvgIpc) is 3.35. The minimum Gasteiger partial charge on any atom is -0.450 e. The molecule has 0 unspecified atom stereocenters. The van der Waals surface area contributed by atoms with Gasteiger partial charge in [-0.3, -0.25) is 0 Å². The van der Waals surface area contributed by atoms with Crippen molar-refractivity contribution in [3.05, 3.63) is 65.6 Å². The lowest BCUT2D eigenvalue weighted by molar-refractivity contribution is 0.142. The molecular weight excluding hydrogens is 492 g/mol. The number of amides is 1. The molecule has 1 aliphatic rings. The fraction of sp³-hybridized carbons (Fsp3) is 0.345. The van der Waals surface area contributed by atoms with E-state index in [9.17, 15) is 4.79 Å². The molecule has 2 aromatic carbocycles. The molecule has 0 radical (unpaired) electrons. The number of aryl methyl sites for hydroxylation is 1. The first-order valence-corrected chi connectivity index (χ1v) is 13.3. The van der Waals surface area contributed by atoms with Gasteiger partial charge in [0, 0.05) is 24.7 Å². The van der Waals surface area contributed by atoms with Crippen molar-refractivity contribution in [2.75, 3.05) is 18.9 Å². The van der Waals surface area contributed by atoms with E-state index in [1.54, 1.807) is 6.34 Å². The Morgan fingerprint density at radius 3 is 2.82 bits per heavy atom. The number of aromatic nitrogens is 4. The van der Waals surface area contributed by atoms with Crippen molar-refractivity contribution in [2.45, 2.75) is 52.7 Å². The molecule has 1 aliphatic heterocycles. The van der Waals surface area contributed by atoms with Crippen LogP contribution in [0.25, 0.3) is 22.4 Å². The summed E-state index contributed by atoms with van der Waals surface area (Å²) in [5, 5.41) is 2.84. The van der Waals surface area contributed by atoms with Gasteiger partial charge in [0.15, 0.2) is 11.6 Å². The number of imidazole rings is 1. The van der Waals surface area contributed by atoms with Crippen LogP contribution in [0.4, 0.5) is 16.3 Å². The van der Waals surface area contributed by atoms with E-state index in [1.807, 2.05) is 49.6 Å². The number of unbranched alkanes of at least 4 members (excludes halogenated alkanes) is 1. The fourth-order valence-electron chi connectivity index (χ4n) is 4.63. The zero-order chi connectivity index (χ0) is 27.4. The van der Waals surface area contributed by atoms with Crippen molar-refractivity contribution in [2.24, 2.45) is 4.99 Å². The van der Waals surface area contributed by atoms with Crippen LogP contribution in [0.3, 0.4) is 0 Å². The van der Waals surface area contributed by atoms with Crippen LogP contribution in [0.2, 0.25) is 0 Å². The number of benzene rings is 2. The monoisotopic (exact) mass is 526 g/mol. The number of anilines is 1. The first-order chi connectivity index (χ1) is 18.9. The van der Waals surface area contributed by atoms with Gasteiger partial charge in [-0.1, -0.05) is 30.3 Å². The van der Waals surface area contributed by atoms with Gasteiger partial charge in [-0.15, -0.1) is 0 Å². The van der Waals surface area contributed by atoms with Crippen LogP contribution in [-0.4, -0.2) is 50.0 Å². The van der Waals surface area contributed by atoms with Crippen molar-refractivity contribution in [1.29, 1.82) is 0 Å². The maximum atomic E-state index is 12.2. The maximum Gasteiger partial charge on any atom is 0.407 e. The summed E-state index contributed by atoms with van der Waals surface area (Å²) in [5.41, 5.74) is 12.7. The van der Waals surface area contributed by atoms with Crippen molar-refractivity contribution in [1.82, 2.24) is 29.7 Å². The Morgan fingerprint density at radius 1 is 1.15 bits per heavy atom. The number of fused-ring (bicyclic) bond motifs is 2. The molecule has 0 atom stereocenters. The molecule has 0 saturated carbocycles. The molecule has 202 valence electrons. The standard InChI is InChI=1S/C29H34N8O2/c1-19(2)37-18-32-23-11-10-21(14-25(23)37)15-31-29(38)39-13-7-6-12-36-16-24-26(33-17-36)27(30)35-28(34-24)22-9-5-4-8-20(22)3/h4-5,8-11,14,17-19H,6-7,12-13,15-16H2,1-3H3,(H,31,38)(H2,30,34,35). The highest BCUT2D eigenvalue weighted by atomic mass is 16.5. The lowest BCUT2D eigenvalue weighted by Gasteiger charge is -2.24. The topological polar surface area (TPSA) is 124 Å². The normalized spacial score (nSPS) is 12.7. The molecule has 3 N–H and O–H groups in total. The number of alkyl carbamates (subject to hydrolysis) is 1. The molecule has 3 heterocycles. The molecule has 1 amide bonds. The summed E-state index contributed by atoms with van der Waals surface area (Å²) in [4.78, 5) is 32.5. The summed E-state index contributed by atoms with van der Waals surface area (Å²) in [5.74, 6) is 1.00. The van der Waals surface area contributed by atoms with Crippen LogP contribution in [0.15, 0.2) is 53.8 Å². The molecular formula is C29H34N8O2. The molecule has 0 aliphatic carbocycles. The molecule has 10 heteroatoms. The van der Waals surface area contributed by atoms with Gasteiger partial charge >= 0.3 is 6.09 Å².